The van der Waals surface area contributed by atoms with Crippen LogP contribution in [0.25, 0.3) is 11.5 Å². The van der Waals surface area contributed by atoms with E-state index in [1.165, 1.54) is 0 Å². The van der Waals surface area contributed by atoms with Crippen LogP contribution in [0.2, 0.25) is 5.15 Å². The van der Waals surface area contributed by atoms with E-state index < -0.39 is 0 Å². The maximum absolute atomic E-state index is 6.05. The minimum atomic E-state index is -0.0800. The van der Waals surface area contributed by atoms with Crippen molar-refractivity contribution < 1.29 is 0 Å². The number of halogens is 1. The standard InChI is InChI=1S/C13H15ClN4/c1-8-15-6-5-9(16-8)12-17-10(13(2,3)4)7-11(14)18-12/h5-7H,1-4H3. The summed E-state index contributed by atoms with van der Waals surface area (Å²) in [5.74, 6) is 1.23. The van der Waals surface area contributed by atoms with Crippen molar-refractivity contribution in [3.05, 3.63) is 35.0 Å². The summed E-state index contributed by atoms with van der Waals surface area (Å²) in [5.41, 5.74) is 1.51. The Labute approximate surface area is 111 Å². The van der Waals surface area contributed by atoms with Crippen molar-refractivity contribution in [2.75, 3.05) is 0 Å². The molecule has 0 saturated heterocycles. The molecule has 0 aliphatic carbocycles. The minimum Gasteiger partial charge on any atom is -0.242 e. The van der Waals surface area contributed by atoms with Crippen LogP contribution in [0.3, 0.4) is 0 Å². The summed E-state index contributed by atoms with van der Waals surface area (Å²) in [4.78, 5) is 17.1. The first-order valence-corrected chi connectivity index (χ1v) is 6.09. The van der Waals surface area contributed by atoms with Gasteiger partial charge in [-0.1, -0.05) is 32.4 Å². The molecule has 0 aliphatic heterocycles. The van der Waals surface area contributed by atoms with Gasteiger partial charge in [0.15, 0.2) is 5.82 Å². The molecule has 5 heteroatoms. The molecule has 0 atom stereocenters. The molecule has 0 amide bonds. The molecule has 0 aromatic carbocycles. The molecule has 2 aromatic heterocycles. The topological polar surface area (TPSA) is 51.6 Å². The maximum Gasteiger partial charge on any atom is 0.179 e. The average Bonchev–Trinajstić information content (AvgIpc) is 2.27. The number of nitrogens with zero attached hydrogens (tertiary/aromatic N) is 4. The van der Waals surface area contributed by atoms with Gasteiger partial charge in [0.05, 0.1) is 5.69 Å². The molecule has 0 aliphatic rings. The van der Waals surface area contributed by atoms with Crippen LogP contribution in [0.15, 0.2) is 18.3 Å². The third-order valence-corrected chi connectivity index (χ3v) is 2.66. The first-order chi connectivity index (χ1) is 8.36. The van der Waals surface area contributed by atoms with Gasteiger partial charge < -0.3 is 0 Å². The van der Waals surface area contributed by atoms with Crippen molar-refractivity contribution in [3.63, 3.8) is 0 Å². The first kappa shape index (κ1) is 12.9. The predicted octanol–water partition coefficient (Wildman–Crippen LogP) is 3.19. The van der Waals surface area contributed by atoms with Crippen molar-refractivity contribution in [3.8, 4) is 11.5 Å². The number of aryl methyl sites for hydroxylation is 1. The number of rotatable bonds is 1. The maximum atomic E-state index is 6.05. The van der Waals surface area contributed by atoms with E-state index in [0.717, 1.165) is 5.69 Å². The van der Waals surface area contributed by atoms with Crippen LogP contribution in [0.5, 0.6) is 0 Å². The third-order valence-electron chi connectivity index (χ3n) is 2.47. The van der Waals surface area contributed by atoms with Gasteiger partial charge in [0.2, 0.25) is 0 Å². The Hall–Kier alpha value is -1.55. The van der Waals surface area contributed by atoms with E-state index in [-0.39, 0.29) is 5.41 Å². The van der Waals surface area contributed by atoms with Gasteiger partial charge in [0, 0.05) is 11.6 Å². The molecule has 0 fully saturated rings. The third kappa shape index (κ3) is 2.82. The fraction of sp³-hybridized carbons (Fsp3) is 0.385. The van der Waals surface area contributed by atoms with Gasteiger partial charge >= 0.3 is 0 Å². The van der Waals surface area contributed by atoms with Crippen molar-refractivity contribution >= 4 is 11.6 Å². The summed E-state index contributed by atoms with van der Waals surface area (Å²) in [6.07, 6.45) is 1.69. The molecule has 0 bridgehead atoms. The van der Waals surface area contributed by atoms with Crippen molar-refractivity contribution in [1.29, 1.82) is 0 Å². The highest BCUT2D eigenvalue weighted by Crippen LogP contribution is 2.24. The number of hydrogen-bond donors (Lipinski definition) is 0. The van der Waals surface area contributed by atoms with Gasteiger partial charge in [-0.15, -0.1) is 0 Å². The van der Waals surface area contributed by atoms with Gasteiger partial charge in [0.1, 0.15) is 16.7 Å². The molecular weight excluding hydrogens is 248 g/mol. The highest BCUT2D eigenvalue weighted by atomic mass is 35.5. The Morgan fingerprint density at radius 2 is 1.83 bits per heavy atom. The van der Waals surface area contributed by atoms with E-state index in [0.29, 0.717) is 22.5 Å². The monoisotopic (exact) mass is 262 g/mol. The normalized spacial score (nSPS) is 11.6. The van der Waals surface area contributed by atoms with Crippen LogP contribution >= 0.6 is 11.6 Å². The van der Waals surface area contributed by atoms with E-state index in [2.05, 4.69) is 40.7 Å². The lowest BCUT2D eigenvalue weighted by Gasteiger charge is -2.18. The second-order valence-electron chi connectivity index (χ2n) is 5.14. The smallest absolute Gasteiger partial charge is 0.179 e. The molecule has 0 spiro atoms. The van der Waals surface area contributed by atoms with Crippen LogP contribution in [0.4, 0.5) is 0 Å². The molecule has 94 valence electrons. The van der Waals surface area contributed by atoms with Crippen LogP contribution in [0.1, 0.15) is 32.3 Å². The summed E-state index contributed by atoms with van der Waals surface area (Å²) in [7, 11) is 0. The van der Waals surface area contributed by atoms with E-state index in [1.807, 2.05) is 6.92 Å². The molecule has 0 saturated carbocycles. The van der Waals surface area contributed by atoms with E-state index in [1.54, 1.807) is 18.3 Å². The van der Waals surface area contributed by atoms with Gasteiger partial charge in [-0.3, -0.25) is 0 Å². The minimum absolute atomic E-state index is 0.0800. The van der Waals surface area contributed by atoms with Crippen molar-refractivity contribution in [2.45, 2.75) is 33.1 Å². The molecule has 4 nitrogen and oxygen atoms in total. The van der Waals surface area contributed by atoms with Crippen LogP contribution < -0.4 is 0 Å². The Morgan fingerprint density at radius 1 is 1.11 bits per heavy atom. The summed E-state index contributed by atoms with van der Waals surface area (Å²) < 4.78 is 0. The van der Waals surface area contributed by atoms with Gasteiger partial charge in [-0.25, -0.2) is 19.9 Å². The van der Waals surface area contributed by atoms with Crippen molar-refractivity contribution in [1.82, 2.24) is 19.9 Å². The summed E-state index contributed by atoms with van der Waals surface area (Å²) >= 11 is 6.05. The fourth-order valence-corrected chi connectivity index (χ4v) is 1.68. The molecular formula is C13H15ClN4. The number of aromatic nitrogens is 4. The van der Waals surface area contributed by atoms with E-state index in [9.17, 15) is 0 Å². The molecule has 18 heavy (non-hydrogen) atoms. The van der Waals surface area contributed by atoms with Gasteiger partial charge in [-0.2, -0.15) is 0 Å². The molecule has 2 rings (SSSR count). The van der Waals surface area contributed by atoms with Crippen molar-refractivity contribution in [2.24, 2.45) is 0 Å². The zero-order valence-electron chi connectivity index (χ0n) is 10.9. The zero-order valence-corrected chi connectivity index (χ0v) is 11.7. The molecule has 2 heterocycles. The highest BCUT2D eigenvalue weighted by Gasteiger charge is 2.18. The molecule has 0 N–H and O–H groups in total. The lowest BCUT2D eigenvalue weighted by atomic mass is 9.92. The van der Waals surface area contributed by atoms with Crippen LogP contribution in [0, 0.1) is 6.92 Å². The summed E-state index contributed by atoms with van der Waals surface area (Å²) in [5, 5.41) is 0.432. The Morgan fingerprint density at radius 3 is 2.44 bits per heavy atom. The van der Waals surface area contributed by atoms with Crippen LogP contribution in [-0.4, -0.2) is 19.9 Å². The molecule has 2 aromatic rings. The largest absolute Gasteiger partial charge is 0.242 e. The second-order valence-corrected chi connectivity index (χ2v) is 5.53. The lowest BCUT2D eigenvalue weighted by Crippen LogP contribution is -2.14. The summed E-state index contributed by atoms with van der Waals surface area (Å²) in [6.45, 7) is 8.08. The van der Waals surface area contributed by atoms with Gasteiger partial charge in [-0.05, 0) is 19.1 Å². The average molecular weight is 263 g/mol. The fourth-order valence-electron chi connectivity index (χ4n) is 1.50. The first-order valence-electron chi connectivity index (χ1n) is 5.71. The highest BCUT2D eigenvalue weighted by molar-refractivity contribution is 6.29. The second kappa shape index (κ2) is 4.61. The van der Waals surface area contributed by atoms with Crippen LogP contribution in [-0.2, 0) is 5.41 Å². The SMILES string of the molecule is Cc1nccc(-c2nc(Cl)cc(C(C)(C)C)n2)n1. The van der Waals surface area contributed by atoms with E-state index in [4.69, 9.17) is 11.6 Å². The zero-order chi connectivity index (χ0) is 13.3. The Kier molecular flexibility index (Phi) is 3.30. The quantitative estimate of drug-likeness (QED) is 0.741. The lowest BCUT2D eigenvalue weighted by molar-refractivity contribution is 0.567. The Balaban J connectivity index is 2.55. The summed E-state index contributed by atoms with van der Waals surface area (Å²) in [6, 6.07) is 3.57. The van der Waals surface area contributed by atoms with Gasteiger partial charge in [0.25, 0.3) is 0 Å². The molecule has 0 unspecified atom stereocenters. The Bertz CT molecular complexity index is 575. The van der Waals surface area contributed by atoms with E-state index >= 15 is 0 Å². The molecule has 0 radical (unpaired) electrons. The number of hydrogen-bond acceptors (Lipinski definition) is 4. The predicted molar refractivity (Wildman–Crippen MR) is 71.5 cm³/mol.